The molecule has 178 valence electrons. The highest BCUT2D eigenvalue weighted by molar-refractivity contribution is 5.68. The van der Waals surface area contributed by atoms with E-state index in [0.717, 1.165) is 5.56 Å². The quantitative estimate of drug-likeness (QED) is 0.556. The molecule has 7 nitrogen and oxygen atoms in total. The summed E-state index contributed by atoms with van der Waals surface area (Å²) < 4.78 is 12.6. The lowest BCUT2D eigenvalue weighted by molar-refractivity contribution is 0.0266. The lowest BCUT2D eigenvalue weighted by atomic mass is 10.0. The molecule has 7 heteroatoms. The molecule has 0 spiro atoms. The minimum absolute atomic E-state index is 0.0846. The Labute approximate surface area is 195 Å². The number of aliphatic hydroxyl groups is 1. The molecule has 2 unspecified atom stereocenters. The number of nitrogens with one attached hydrogen (secondary N) is 1. The van der Waals surface area contributed by atoms with Gasteiger partial charge in [0.2, 0.25) is 0 Å². The van der Waals surface area contributed by atoms with E-state index in [0.29, 0.717) is 17.9 Å². The third-order valence-corrected chi connectivity index (χ3v) is 4.75. The number of nitrogens with zero attached hydrogens (tertiary/aromatic N) is 1. The van der Waals surface area contributed by atoms with E-state index in [-0.39, 0.29) is 12.2 Å². The molecule has 1 heterocycles. The maximum absolute atomic E-state index is 12.3. The van der Waals surface area contributed by atoms with Crippen molar-refractivity contribution >= 4 is 11.8 Å². The lowest BCUT2D eigenvalue weighted by Crippen LogP contribution is -2.48. The number of rotatable bonds is 9. The highest BCUT2D eigenvalue weighted by atomic mass is 16.6. The number of hydrogen-bond acceptors (Lipinski definition) is 5. The first-order valence-corrected chi connectivity index (χ1v) is 10.9. The molecule has 2 rings (SSSR count). The van der Waals surface area contributed by atoms with Gasteiger partial charge in [-0.15, -0.1) is 0 Å². The molecule has 1 aromatic carbocycles. The molecule has 1 aromatic heterocycles. The number of aromatic nitrogens is 1. The monoisotopic (exact) mass is 454 g/mol. The van der Waals surface area contributed by atoms with Gasteiger partial charge in [0.1, 0.15) is 5.60 Å². The summed E-state index contributed by atoms with van der Waals surface area (Å²) >= 11 is 0. The molecular formula is C26H34N2O5. The van der Waals surface area contributed by atoms with E-state index >= 15 is 0 Å². The molecule has 0 saturated carbocycles. The van der Waals surface area contributed by atoms with Crippen LogP contribution in [0.1, 0.15) is 40.2 Å². The van der Waals surface area contributed by atoms with E-state index in [4.69, 9.17) is 9.47 Å². The average molecular weight is 455 g/mol. The second-order valence-corrected chi connectivity index (χ2v) is 8.83. The van der Waals surface area contributed by atoms with Crippen LogP contribution in [-0.4, -0.2) is 40.1 Å². The Kier molecular flexibility index (Phi) is 9.63. The number of hydrogen-bond donors (Lipinski definition) is 2. The minimum atomic E-state index is -1.02. The molecular weight excluding hydrogens is 420 g/mol. The Morgan fingerprint density at radius 1 is 1.09 bits per heavy atom. The second-order valence-electron chi connectivity index (χ2n) is 8.83. The SMILES string of the molecule is C/C(=C\C=C(/C)n1ccccc1=O)C(O)C(COCc1ccccc1)NC(=O)OC(C)(C)C. The summed E-state index contributed by atoms with van der Waals surface area (Å²) in [7, 11) is 0. The van der Waals surface area contributed by atoms with Crippen molar-refractivity contribution in [2.75, 3.05) is 6.61 Å². The zero-order valence-corrected chi connectivity index (χ0v) is 19.9. The van der Waals surface area contributed by atoms with Crippen molar-refractivity contribution in [1.29, 1.82) is 0 Å². The summed E-state index contributed by atoms with van der Waals surface area (Å²) in [5, 5.41) is 13.7. The highest BCUT2D eigenvalue weighted by Gasteiger charge is 2.26. The van der Waals surface area contributed by atoms with Crippen molar-refractivity contribution in [3.05, 3.63) is 88.4 Å². The largest absolute Gasteiger partial charge is 0.444 e. The summed E-state index contributed by atoms with van der Waals surface area (Å²) in [6.45, 7) is 9.30. The molecule has 0 radical (unpaired) electrons. The predicted octanol–water partition coefficient (Wildman–Crippen LogP) is 4.13. The molecule has 2 aromatic rings. The standard InChI is InChI=1S/C26H34N2O5/c1-19(14-15-20(2)28-16-10-9-13-23(28)29)24(30)22(27-25(31)33-26(3,4)5)18-32-17-21-11-7-6-8-12-21/h6-16,22,24,30H,17-18H2,1-5H3,(H,27,31)/b19-14+,20-15+. The number of allylic oxidation sites excluding steroid dienone is 3. The third-order valence-electron chi connectivity index (χ3n) is 4.75. The Hall–Kier alpha value is -3.16. The number of carbonyl (C=O) groups excluding carboxylic acids is 1. The van der Waals surface area contributed by atoms with E-state index in [1.807, 2.05) is 30.3 Å². The van der Waals surface area contributed by atoms with E-state index in [2.05, 4.69) is 5.32 Å². The minimum Gasteiger partial charge on any atom is -0.444 e. The first-order chi connectivity index (χ1) is 15.6. The van der Waals surface area contributed by atoms with Crippen LogP contribution in [-0.2, 0) is 16.1 Å². The van der Waals surface area contributed by atoms with Gasteiger partial charge in [-0.1, -0.05) is 42.5 Å². The normalized spacial score (nSPS) is 14.5. The van der Waals surface area contributed by atoms with Gasteiger partial charge in [-0.25, -0.2) is 4.79 Å². The average Bonchev–Trinajstić information content (AvgIpc) is 2.76. The van der Waals surface area contributed by atoms with Crippen molar-refractivity contribution in [3.63, 3.8) is 0 Å². The van der Waals surface area contributed by atoms with Gasteiger partial charge < -0.3 is 19.9 Å². The van der Waals surface area contributed by atoms with Crippen molar-refractivity contribution in [3.8, 4) is 0 Å². The molecule has 2 N–H and O–H groups in total. The zero-order chi connectivity index (χ0) is 24.4. The number of amides is 1. The van der Waals surface area contributed by atoms with Gasteiger partial charge in [-0.2, -0.15) is 0 Å². The summed E-state index contributed by atoms with van der Waals surface area (Å²) in [6.07, 6.45) is 3.49. The zero-order valence-electron chi connectivity index (χ0n) is 19.9. The molecule has 0 fully saturated rings. The van der Waals surface area contributed by atoms with Gasteiger partial charge in [0.25, 0.3) is 5.56 Å². The first-order valence-electron chi connectivity index (χ1n) is 10.9. The van der Waals surface area contributed by atoms with Gasteiger partial charge in [-0.3, -0.25) is 9.36 Å². The number of pyridine rings is 1. The molecule has 0 aliphatic carbocycles. The number of aliphatic hydroxyl groups excluding tert-OH is 1. The summed E-state index contributed by atoms with van der Waals surface area (Å²) in [5.74, 6) is 0. The van der Waals surface area contributed by atoms with Crippen LogP contribution in [0.2, 0.25) is 0 Å². The number of benzene rings is 1. The number of carbonyl (C=O) groups is 1. The van der Waals surface area contributed by atoms with E-state index < -0.39 is 23.8 Å². The van der Waals surface area contributed by atoms with Crippen LogP contribution in [0, 0.1) is 0 Å². The molecule has 0 aliphatic rings. The van der Waals surface area contributed by atoms with Crippen LogP contribution < -0.4 is 10.9 Å². The maximum atomic E-state index is 12.3. The van der Waals surface area contributed by atoms with Gasteiger partial charge in [0.05, 0.1) is 25.4 Å². The lowest BCUT2D eigenvalue weighted by Gasteiger charge is -2.27. The molecule has 33 heavy (non-hydrogen) atoms. The molecule has 1 amide bonds. The summed E-state index contributed by atoms with van der Waals surface area (Å²) in [4.78, 5) is 24.3. The van der Waals surface area contributed by atoms with Crippen LogP contribution in [0.15, 0.2) is 77.2 Å². The van der Waals surface area contributed by atoms with Crippen LogP contribution >= 0.6 is 0 Å². The third kappa shape index (κ3) is 9.08. The molecule has 0 bridgehead atoms. The fraction of sp³-hybridized carbons (Fsp3) is 0.385. The van der Waals surface area contributed by atoms with Crippen molar-refractivity contribution in [2.45, 2.75) is 59.0 Å². The van der Waals surface area contributed by atoms with Gasteiger partial charge in [0.15, 0.2) is 0 Å². The molecule has 0 saturated heterocycles. The van der Waals surface area contributed by atoms with Gasteiger partial charge in [0, 0.05) is 18.0 Å². The molecule has 0 aliphatic heterocycles. The van der Waals surface area contributed by atoms with Gasteiger partial charge in [-0.05, 0) is 57.9 Å². The van der Waals surface area contributed by atoms with Crippen LogP contribution in [0.3, 0.4) is 0 Å². The Morgan fingerprint density at radius 2 is 1.76 bits per heavy atom. The Morgan fingerprint density at radius 3 is 2.39 bits per heavy atom. The second kappa shape index (κ2) is 12.2. The van der Waals surface area contributed by atoms with E-state index in [1.54, 1.807) is 65.1 Å². The van der Waals surface area contributed by atoms with Crippen LogP contribution in [0.4, 0.5) is 4.79 Å². The molecule has 2 atom stereocenters. The number of ether oxygens (including phenoxy) is 2. The van der Waals surface area contributed by atoms with Crippen LogP contribution in [0.5, 0.6) is 0 Å². The topological polar surface area (TPSA) is 89.8 Å². The summed E-state index contributed by atoms with van der Waals surface area (Å²) in [6, 6.07) is 13.9. The smallest absolute Gasteiger partial charge is 0.408 e. The maximum Gasteiger partial charge on any atom is 0.408 e. The fourth-order valence-corrected chi connectivity index (χ4v) is 3.02. The predicted molar refractivity (Wildman–Crippen MR) is 130 cm³/mol. The van der Waals surface area contributed by atoms with Gasteiger partial charge >= 0.3 is 6.09 Å². The van der Waals surface area contributed by atoms with Crippen molar-refractivity contribution < 1.29 is 19.4 Å². The Bertz CT molecular complexity index is 1020. The first kappa shape index (κ1) is 26.1. The Balaban J connectivity index is 2.13. The fourth-order valence-electron chi connectivity index (χ4n) is 3.02. The van der Waals surface area contributed by atoms with Crippen molar-refractivity contribution in [1.82, 2.24) is 9.88 Å². The number of alkyl carbamates (subject to hydrolysis) is 1. The highest BCUT2D eigenvalue weighted by Crippen LogP contribution is 2.13. The van der Waals surface area contributed by atoms with Crippen LogP contribution in [0.25, 0.3) is 5.70 Å². The van der Waals surface area contributed by atoms with E-state index in [1.165, 1.54) is 10.6 Å². The van der Waals surface area contributed by atoms with E-state index in [9.17, 15) is 14.7 Å². The van der Waals surface area contributed by atoms with Crippen molar-refractivity contribution in [2.24, 2.45) is 0 Å². The summed E-state index contributed by atoms with van der Waals surface area (Å²) in [5.41, 5.74) is 1.48.